The highest BCUT2D eigenvalue weighted by molar-refractivity contribution is 9.11. The fraction of sp³-hybridized carbons (Fsp3) is 0.400. The van der Waals surface area contributed by atoms with Crippen LogP contribution in [0.5, 0.6) is 5.75 Å². The van der Waals surface area contributed by atoms with E-state index in [4.69, 9.17) is 10.5 Å². The highest BCUT2D eigenvalue weighted by atomic mass is 79.9. The molecule has 0 saturated heterocycles. The van der Waals surface area contributed by atoms with Crippen LogP contribution in [0, 0.1) is 0 Å². The van der Waals surface area contributed by atoms with Crippen LogP contribution in [0.3, 0.4) is 0 Å². The first-order chi connectivity index (χ1) is 7.19. The minimum atomic E-state index is 0.530. The van der Waals surface area contributed by atoms with E-state index >= 15 is 0 Å². The van der Waals surface area contributed by atoms with E-state index in [1.54, 1.807) is 11.8 Å². The number of benzene rings is 1. The van der Waals surface area contributed by atoms with Gasteiger partial charge < -0.3 is 10.5 Å². The molecular formula is C10H13Br2NOS. The van der Waals surface area contributed by atoms with E-state index in [2.05, 4.69) is 38.1 Å². The van der Waals surface area contributed by atoms with Crippen molar-refractivity contribution < 1.29 is 4.74 Å². The number of halogens is 2. The summed E-state index contributed by atoms with van der Waals surface area (Å²) in [6.45, 7) is 1.24. The number of nitrogens with two attached hydrogens (primary N) is 1. The summed E-state index contributed by atoms with van der Waals surface area (Å²) >= 11 is 8.71. The van der Waals surface area contributed by atoms with Crippen LogP contribution in [0.1, 0.15) is 5.56 Å². The monoisotopic (exact) mass is 353 g/mol. The molecule has 15 heavy (non-hydrogen) atoms. The molecule has 1 aromatic carbocycles. The normalized spacial score (nSPS) is 10.4. The largest absolute Gasteiger partial charge is 0.490 e. The van der Waals surface area contributed by atoms with Gasteiger partial charge in [-0.1, -0.05) is 0 Å². The van der Waals surface area contributed by atoms with Gasteiger partial charge in [0.05, 0.1) is 15.6 Å². The lowest BCUT2D eigenvalue weighted by molar-refractivity contribution is 0.339. The predicted octanol–water partition coefficient (Wildman–Crippen LogP) is 3.41. The zero-order chi connectivity index (χ0) is 11.3. The van der Waals surface area contributed by atoms with Crippen molar-refractivity contribution in [2.75, 3.05) is 18.6 Å². The van der Waals surface area contributed by atoms with Crippen molar-refractivity contribution in [1.29, 1.82) is 0 Å². The summed E-state index contributed by atoms with van der Waals surface area (Å²) in [6, 6.07) is 3.97. The Hall–Kier alpha value is 0.290. The van der Waals surface area contributed by atoms with E-state index in [0.29, 0.717) is 13.2 Å². The average Bonchev–Trinajstić information content (AvgIpc) is 2.22. The second-order valence-corrected chi connectivity index (χ2v) is 5.63. The van der Waals surface area contributed by atoms with Gasteiger partial charge in [-0.2, -0.15) is 11.8 Å². The average molecular weight is 355 g/mol. The molecule has 0 aliphatic carbocycles. The molecular weight excluding hydrogens is 342 g/mol. The minimum absolute atomic E-state index is 0.530. The van der Waals surface area contributed by atoms with E-state index in [1.165, 1.54) is 0 Å². The fourth-order valence-electron chi connectivity index (χ4n) is 1.10. The molecule has 1 rings (SSSR count). The van der Waals surface area contributed by atoms with Crippen LogP contribution < -0.4 is 10.5 Å². The Bertz CT molecular complexity index is 310. The molecule has 0 atom stereocenters. The van der Waals surface area contributed by atoms with Gasteiger partial charge in [0.15, 0.2) is 0 Å². The van der Waals surface area contributed by atoms with Gasteiger partial charge in [-0.05, 0) is 55.8 Å². The molecule has 1 aromatic rings. The summed E-state index contributed by atoms with van der Waals surface area (Å²) in [6.07, 6.45) is 2.06. The number of rotatable bonds is 5. The van der Waals surface area contributed by atoms with Crippen LogP contribution in [0.4, 0.5) is 0 Å². The lowest BCUT2D eigenvalue weighted by Gasteiger charge is -2.11. The summed E-state index contributed by atoms with van der Waals surface area (Å²) in [5.41, 5.74) is 6.65. The molecule has 0 unspecified atom stereocenters. The number of thioether (sulfide) groups is 1. The second-order valence-electron chi connectivity index (χ2n) is 2.93. The molecule has 84 valence electrons. The first-order valence-electron chi connectivity index (χ1n) is 4.48. The van der Waals surface area contributed by atoms with Crippen molar-refractivity contribution in [1.82, 2.24) is 0 Å². The lowest BCUT2D eigenvalue weighted by Crippen LogP contribution is -2.02. The molecule has 0 saturated carbocycles. The number of hydrogen-bond acceptors (Lipinski definition) is 3. The molecule has 0 aliphatic heterocycles. The van der Waals surface area contributed by atoms with Crippen molar-refractivity contribution >= 4 is 43.6 Å². The van der Waals surface area contributed by atoms with Crippen LogP contribution >= 0.6 is 43.6 Å². The van der Waals surface area contributed by atoms with Crippen LogP contribution in [0.15, 0.2) is 21.1 Å². The van der Waals surface area contributed by atoms with Crippen molar-refractivity contribution in [2.24, 2.45) is 5.73 Å². The van der Waals surface area contributed by atoms with Crippen molar-refractivity contribution in [3.8, 4) is 5.75 Å². The Kier molecular flexibility index (Phi) is 6.04. The maximum absolute atomic E-state index is 5.65. The topological polar surface area (TPSA) is 35.2 Å². The predicted molar refractivity (Wildman–Crippen MR) is 73.6 cm³/mol. The van der Waals surface area contributed by atoms with E-state index in [-0.39, 0.29) is 0 Å². The Morgan fingerprint density at radius 3 is 2.40 bits per heavy atom. The summed E-state index contributed by atoms with van der Waals surface area (Å²) in [7, 11) is 0. The Morgan fingerprint density at radius 2 is 1.93 bits per heavy atom. The van der Waals surface area contributed by atoms with Crippen LogP contribution in [0.2, 0.25) is 0 Å². The van der Waals surface area contributed by atoms with Gasteiger partial charge in [0, 0.05) is 12.3 Å². The smallest absolute Gasteiger partial charge is 0.147 e. The molecule has 2 nitrogen and oxygen atoms in total. The Labute approximate surface area is 111 Å². The first-order valence-corrected chi connectivity index (χ1v) is 7.46. The van der Waals surface area contributed by atoms with Gasteiger partial charge in [0.2, 0.25) is 0 Å². The van der Waals surface area contributed by atoms with Gasteiger partial charge >= 0.3 is 0 Å². The molecule has 0 radical (unpaired) electrons. The molecule has 0 fully saturated rings. The van der Waals surface area contributed by atoms with E-state index < -0.39 is 0 Å². The highest BCUT2D eigenvalue weighted by Crippen LogP contribution is 2.34. The molecule has 0 aromatic heterocycles. The highest BCUT2D eigenvalue weighted by Gasteiger charge is 2.08. The first kappa shape index (κ1) is 13.4. The Balaban J connectivity index is 2.79. The zero-order valence-electron chi connectivity index (χ0n) is 8.43. The van der Waals surface area contributed by atoms with Crippen LogP contribution in [-0.2, 0) is 6.54 Å². The maximum Gasteiger partial charge on any atom is 0.147 e. The van der Waals surface area contributed by atoms with Gasteiger partial charge in [-0.3, -0.25) is 0 Å². The van der Waals surface area contributed by atoms with Gasteiger partial charge in [0.25, 0.3) is 0 Å². The number of hydrogen-bond donors (Lipinski definition) is 1. The summed E-state index contributed by atoms with van der Waals surface area (Å²) < 4.78 is 7.54. The molecule has 0 aliphatic rings. The van der Waals surface area contributed by atoms with Gasteiger partial charge in [-0.15, -0.1) is 0 Å². The molecule has 0 amide bonds. The molecule has 5 heteroatoms. The SMILES string of the molecule is CSCCOc1c(Br)cc(CN)cc1Br. The zero-order valence-corrected chi connectivity index (χ0v) is 12.4. The van der Waals surface area contributed by atoms with E-state index in [1.807, 2.05) is 12.1 Å². The summed E-state index contributed by atoms with van der Waals surface area (Å²) in [5, 5.41) is 0. The molecule has 2 N–H and O–H groups in total. The molecule has 0 bridgehead atoms. The fourth-order valence-corrected chi connectivity index (χ4v) is 2.86. The van der Waals surface area contributed by atoms with Crippen LogP contribution in [0.25, 0.3) is 0 Å². The summed E-state index contributed by atoms with van der Waals surface area (Å²) in [4.78, 5) is 0. The van der Waals surface area contributed by atoms with Crippen LogP contribution in [-0.4, -0.2) is 18.6 Å². The maximum atomic E-state index is 5.65. The van der Waals surface area contributed by atoms with Gasteiger partial charge in [0.1, 0.15) is 5.75 Å². The standard InChI is InChI=1S/C10H13Br2NOS/c1-15-3-2-14-10-8(11)4-7(6-13)5-9(10)12/h4-5H,2-3,6,13H2,1H3. The Morgan fingerprint density at radius 1 is 1.33 bits per heavy atom. The number of ether oxygens (including phenoxy) is 1. The second kappa shape index (κ2) is 6.78. The third-order valence-electron chi connectivity index (χ3n) is 1.83. The third kappa shape index (κ3) is 3.98. The van der Waals surface area contributed by atoms with Crippen molar-refractivity contribution in [2.45, 2.75) is 6.54 Å². The van der Waals surface area contributed by atoms with Crippen molar-refractivity contribution in [3.63, 3.8) is 0 Å². The van der Waals surface area contributed by atoms with E-state index in [0.717, 1.165) is 26.0 Å². The van der Waals surface area contributed by atoms with Gasteiger partial charge in [-0.25, -0.2) is 0 Å². The molecule has 0 heterocycles. The molecule has 0 spiro atoms. The summed E-state index contributed by atoms with van der Waals surface area (Å²) in [5.74, 6) is 1.83. The lowest BCUT2D eigenvalue weighted by atomic mass is 10.2. The van der Waals surface area contributed by atoms with E-state index in [9.17, 15) is 0 Å². The minimum Gasteiger partial charge on any atom is -0.490 e. The van der Waals surface area contributed by atoms with Crippen molar-refractivity contribution in [3.05, 3.63) is 26.6 Å². The quantitative estimate of drug-likeness (QED) is 0.823. The third-order valence-corrected chi connectivity index (χ3v) is 3.58.